The number of pyridine rings is 1. The highest BCUT2D eigenvalue weighted by Crippen LogP contribution is 2.17. The third-order valence-electron chi connectivity index (χ3n) is 3.58. The Balaban J connectivity index is 1.73. The largest absolute Gasteiger partial charge is 0.478 e. The first-order chi connectivity index (χ1) is 11.3. The third-order valence-corrected chi connectivity index (χ3v) is 3.58. The normalized spacial score (nSPS) is 10.5. The van der Waals surface area contributed by atoms with E-state index in [2.05, 4.69) is 10.3 Å². The molecule has 2 aromatic carbocycles. The molecular weight excluding hydrogens is 288 g/mol. The summed E-state index contributed by atoms with van der Waals surface area (Å²) in [5.41, 5.74) is 1.51. The minimum Gasteiger partial charge on any atom is -0.478 e. The van der Waals surface area contributed by atoms with Crippen molar-refractivity contribution < 1.29 is 9.53 Å². The summed E-state index contributed by atoms with van der Waals surface area (Å²) in [5, 5.41) is 5.09. The lowest BCUT2D eigenvalue weighted by Crippen LogP contribution is -2.23. The zero-order chi connectivity index (χ0) is 16.1. The number of ether oxygens (including phenoxy) is 1. The van der Waals surface area contributed by atoms with Gasteiger partial charge in [-0.05, 0) is 35.9 Å². The second-order valence-electron chi connectivity index (χ2n) is 5.15. The maximum atomic E-state index is 12.4. The Kier molecular flexibility index (Phi) is 4.52. The molecule has 116 valence electrons. The quantitative estimate of drug-likeness (QED) is 0.784. The lowest BCUT2D eigenvalue weighted by Gasteiger charge is -2.10. The Bertz CT molecular complexity index is 830. The molecule has 0 unspecified atom stereocenters. The minimum atomic E-state index is -0.109. The molecule has 1 aromatic heterocycles. The molecule has 4 nitrogen and oxygen atoms in total. The molecule has 0 atom stereocenters. The van der Waals surface area contributed by atoms with Crippen LogP contribution in [0.5, 0.6) is 5.88 Å². The van der Waals surface area contributed by atoms with Crippen molar-refractivity contribution in [3.8, 4) is 5.88 Å². The Morgan fingerprint density at radius 3 is 2.74 bits per heavy atom. The van der Waals surface area contributed by atoms with Crippen LogP contribution in [0.15, 0.2) is 60.8 Å². The number of carbonyl (C=O) groups is 1. The topological polar surface area (TPSA) is 51.2 Å². The van der Waals surface area contributed by atoms with Crippen molar-refractivity contribution in [2.75, 3.05) is 6.61 Å². The van der Waals surface area contributed by atoms with Crippen molar-refractivity contribution in [1.82, 2.24) is 10.3 Å². The van der Waals surface area contributed by atoms with Crippen molar-refractivity contribution in [2.45, 2.75) is 13.5 Å². The molecule has 0 radical (unpaired) electrons. The zero-order valence-electron chi connectivity index (χ0n) is 13.0. The summed E-state index contributed by atoms with van der Waals surface area (Å²) < 4.78 is 5.47. The average molecular weight is 306 g/mol. The molecule has 1 heterocycles. The molecule has 0 bridgehead atoms. The highest BCUT2D eigenvalue weighted by molar-refractivity contribution is 5.98. The van der Waals surface area contributed by atoms with Gasteiger partial charge in [-0.1, -0.05) is 36.4 Å². The molecule has 3 aromatic rings. The van der Waals surface area contributed by atoms with E-state index in [1.807, 2.05) is 61.5 Å². The van der Waals surface area contributed by atoms with Crippen LogP contribution in [0.25, 0.3) is 10.8 Å². The van der Waals surface area contributed by atoms with Gasteiger partial charge in [0.2, 0.25) is 5.88 Å². The number of carbonyl (C=O) groups excluding carboxylic acids is 1. The maximum absolute atomic E-state index is 12.4. The predicted octanol–water partition coefficient (Wildman–Crippen LogP) is 3.56. The SMILES string of the molecule is CCOc1ncccc1CNC(=O)c1ccc2ccccc2c1. The Labute approximate surface area is 135 Å². The molecule has 4 heteroatoms. The van der Waals surface area contributed by atoms with Crippen molar-refractivity contribution in [3.05, 3.63) is 71.9 Å². The van der Waals surface area contributed by atoms with Gasteiger partial charge in [-0.15, -0.1) is 0 Å². The standard InChI is InChI=1S/C19H18N2O2/c1-2-23-19-17(8-5-11-20-19)13-21-18(22)16-10-9-14-6-3-4-7-15(14)12-16/h3-12H,2,13H2,1H3,(H,21,22). The van der Waals surface area contributed by atoms with Gasteiger partial charge >= 0.3 is 0 Å². The van der Waals surface area contributed by atoms with Gasteiger partial charge in [0.15, 0.2) is 0 Å². The van der Waals surface area contributed by atoms with Gasteiger partial charge in [0.25, 0.3) is 5.91 Å². The maximum Gasteiger partial charge on any atom is 0.251 e. The van der Waals surface area contributed by atoms with Gasteiger partial charge in [-0.3, -0.25) is 4.79 Å². The average Bonchev–Trinajstić information content (AvgIpc) is 2.60. The number of fused-ring (bicyclic) bond motifs is 1. The Morgan fingerprint density at radius 1 is 1.09 bits per heavy atom. The number of aromatic nitrogens is 1. The van der Waals surface area contributed by atoms with E-state index in [4.69, 9.17) is 4.74 Å². The van der Waals surface area contributed by atoms with Crippen molar-refractivity contribution >= 4 is 16.7 Å². The zero-order valence-corrected chi connectivity index (χ0v) is 13.0. The number of benzene rings is 2. The molecule has 23 heavy (non-hydrogen) atoms. The van der Waals surface area contributed by atoms with Gasteiger partial charge in [0, 0.05) is 23.9 Å². The van der Waals surface area contributed by atoms with E-state index in [1.165, 1.54) is 0 Å². The molecule has 0 saturated carbocycles. The molecule has 0 aliphatic rings. The van der Waals surface area contributed by atoms with Crippen LogP contribution in [0.3, 0.4) is 0 Å². The molecule has 1 N–H and O–H groups in total. The fourth-order valence-corrected chi connectivity index (χ4v) is 2.43. The van der Waals surface area contributed by atoms with E-state index in [-0.39, 0.29) is 5.91 Å². The van der Waals surface area contributed by atoms with Crippen molar-refractivity contribution in [2.24, 2.45) is 0 Å². The third kappa shape index (κ3) is 3.48. The van der Waals surface area contributed by atoms with Gasteiger partial charge in [-0.25, -0.2) is 4.98 Å². The highest BCUT2D eigenvalue weighted by atomic mass is 16.5. The summed E-state index contributed by atoms with van der Waals surface area (Å²) >= 11 is 0. The number of hydrogen-bond donors (Lipinski definition) is 1. The van der Waals surface area contributed by atoms with E-state index in [0.29, 0.717) is 24.6 Å². The first-order valence-corrected chi connectivity index (χ1v) is 7.61. The lowest BCUT2D eigenvalue weighted by atomic mass is 10.1. The van der Waals surface area contributed by atoms with Crippen LogP contribution < -0.4 is 10.1 Å². The first-order valence-electron chi connectivity index (χ1n) is 7.61. The molecule has 0 fully saturated rings. The second-order valence-corrected chi connectivity index (χ2v) is 5.15. The van der Waals surface area contributed by atoms with Crippen LogP contribution in [-0.4, -0.2) is 17.5 Å². The Hall–Kier alpha value is -2.88. The fraction of sp³-hybridized carbons (Fsp3) is 0.158. The van der Waals surface area contributed by atoms with Gasteiger partial charge in [0.1, 0.15) is 0 Å². The Morgan fingerprint density at radius 2 is 1.91 bits per heavy atom. The number of nitrogens with zero attached hydrogens (tertiary/aromatic N) is 1. The number of nitrogens with one attached hydrogen (secondary N) is 1. The van der Waals surface area contributed by atoms with Crippen LogP contribution in [0.4, 0.5) is 0 Å². The van der Waals surface area contributed by atoms with Crippen LogP contribution in [-0.2, 0) is 6.54 Å². The second kappa shape index (κ2) is 6.92. The van der Waals surface area contributed by atoms with Gasteiger partial charge < -0.3 is 10.1 Å². The smallest absolute Gasteiger partial charge is 0.251 e. The molecule has 1 amide bonds. The van der Waals surface area contributed by atoms with Crippen LogP contribution in [0.2, 0.25) is 0 Å². The van der Waals surface area contributed by atoms with E-state index >= 15 is 0 Å². The molecule has 0 aliphatic heterocycles. The molecule has 0 spiro atoms. The first kappa shape index (κ1) is 15.0. The van der Waals surface area contributed by atoms with Crippen LogP contribution in [0, 0.1) is 0 Å². The van der Waals surface area contributed by atoms with Crippen molar-refractivity contribution in [1.29, 1.82) is 0 Å². The predicted molar refractivity (Wildman–Crippen MR) is 90.5 cm³/mol. The molecule has 0 saturated heterocycles. The van der Waals surface area contributed by atoms with Gasteiger partial charge in [-0.2, -0.15) is 0 Å². The highest BCUT2D eigenvalue weighted by Gasteiger charge is 2.09. The molecule has 3 rings (SSSR count). The van der Waals surface area contributed by atoms with Crippen LogP contribution in [0.1, 0.15) is 22.8 Å². The summed E-state index contributed by atoms with van der Waals surface area (Å²) in [5.74, 6) is 0.455. The monoisotopic (exact) mass is 306 g/mol. The van der Waals surface area contributed by atoms with E-state index in [1.54, 1.807) is 6.20 Å². The van der Waals surface area contributed by atoms with E-state index in [9.17, 15) is 4.79 Å². The lowest BCUT2D eigenvalue weighted by molar-refractivity contribution is 0.0950. The molecule has 0 aliphatic carbocycles. The number of rotatable bonds is 5. The van der Waals surface area contributed by atoms with E-state index in [0.717, 1.165) is 16.3 Å². The summed E-state index contributed by atoms with van der Waals surface area (Å²) in [4.78, 5) is 16.5. The summed E-state index contributed by atoms with van der Waals surface area (Å²) in [7, 11) is 0. The molecular formula is C19H18N2O2. The summed E-state index contributed by atoms with van der Waals surface area (Å²) in [6.45, 7) is 2.84. The number of hydrogen-bond acceptors (Lipinski definition) is 3. The van der Waals surface area contributed by atoms with Crippen molar-refractivity contribution in [3.63, 3.8) is 0 Å². The van der Waals surface area contributed by atoms with Crippen LogP contribution >= 0.6 is 0 Å². The minimum absolute atomic E-state index is 0.109. The van der Waals surface area contributed by atoms with E-state index < -0.39 is 0 Å². The fourth-order valence-electron chi connectivity index (χ4n) is 2.43. The summed E-state index contributed by atoms with van der Waals surface area (Å²) in [6, 6.07) is 17.4. The van der Waals surface area contributed by atoms with Gasteiger partial charge in [0.05, 0.1) is 6.61 Å². The summed E-state index contributed by atoms with van der Waals surface area (Å²) in [6.07, 6.45) is 1.68. The number of amides is 1.